The van der Waals surface area contributed by atoms with Crippen LogP contribution in [0.1, 0.15) is 11.1 Å². The van der Waals surface area contributed by atoms with Crippen molar-refractivity contribution in [3.05, 3.63) is 60.2 Å². The van der Waals surface area contributed by atoms with Crippen LogP contribution in [0.15, 0.2) is 49.1 Å². The highest BCUT2D eigenvalue weighted by Crippen LogP contribution is 2.17. The minimum Gasteiger partial charge on any atom is -0.368 e. The highest BCUT2D eigenvalue weighted by atomic mass is 15.1. The summed E-state index contributed by atoms with van der Waals surface area (Å²) in [7, 11) is 0. The lowest BCUT2D eigenvalue weighted by Gasteiger charge is -2.11. The smallest absolute Gasteiger partial charge is 0.161 e. The summed E-state index contributed by atoms with van der Waals surface area (Å²) in [5, 5.41) is 15.3. The molecule has 0 aromatic carbocycles. The van der Waals surface area contributed by atoms with E-state index in [1.165, 1.54) is 0 Å². The van der Waals surface area contributed by atoms with E-state index in [0.29, 0.717) is 24.5 Å². The third kappa shape index (κ3) is 4.26. The lowest BCUT2D eigenvalue weighted by atomic mass is 10.2. The molecule has 7 nitrogen and oxygen atoms in total. The molecule has 0 atom stereocenters. The largest absolute Gasteiger partial charge is 0.368 e. The summed E-state index contributed by atoms with van der Waals surface area (Å²) in [4.78, 5) is 17.1. The van der Waals surface area contributed by atoms with Gasteiger partial charge in [0.1, 0.15) is 17.7 Å². The highest BCUT2D eigenvalue weighted by molar-refractivity contribution is 5.57. The zero-order valence-corrected chi connectivity index (χ0v) is 13.8. The summed E-state index contributed by atoms with van der Waals surface area (Å²) in [6.45, 7) is 3.32. The Balaban J connectivity index is 1.58. The molecule has 0 radical (unpaired) electrons. The first-order valence-corrected chi connectivity index (χ1v) is 7.84. The Morgan fingerprint density at radius 1 is 1.00 bits per heavy atom. The van der Waals surface area contributed by atoms with Crippen LogP contribution in [-0.4, -0.2) is 33.0 Å². The SMILES string of the molecule is Cc1cnc(-c2ccncc2)nc1NCCNc1ccc(C#N)cn1. The maximum Gasteiger partial charge on any atom is 0.161 e. The molecule has 0 aliphatic heterocycles. The van der Waals surface area contributed by atoms with Crippen LogP contribution in [0.4, 0.5) is 11.6 Å². The number of pyridine rings is 2. The monoisotopic (exact) mass is 331 g/mol. The normalized spacial score (nSPS) is 10.1. The number of nitrogens with one attached hydrogen (secondary N) is 2. The Kier molecular flexibility index (Phi) is 5.12. The van der Waals surface area contributed by atoms with Crippen molar-refractivity contribution in [2.24, 2.45) is 0 Å². The van der Waals surface area contributed by atoms with Crippen LogP contribution in [0.25, 0.3) is 11.4 Å². The molecule has 3 aromatic rings. The van der Waals surface area contributed by atoms with E-state index < -0.39 is 0 Å². The van der Waals surface area contributed by atoms with E-state index in [2.05, 4.69) is 30.6 Å². The zero-order chi connectivity index (χ0) is 17.5. The van der Waals surface area contributed by atoms with E-state index in [1.807, 2.05) is 25.1 Å². The third-order valence-electron chi connectivity index (χ3n) is 3.53. The second-order valence-electron chi connectivity index (χ2n) is 5.36. The summed E-state index contributed by atoms with van der Waals surface area (Å²) in [5.41, 5.74) is 2.45. The van der Waals surface area contributed by atoms with Crippen molar-refractivity contribution >= 4 is 11.6 Å². The Labute approximate surface area is 145 Å². The molecule has 0 saturated carbocycles. The number of hydrogen-bond acceptors (Lipinski definition) is 7. The van der Waals surface area contributed by atoms with Gasteiger partial charge in [-0.3, -0.25) is 4.98 Å². The molecule has 0 amide bonds. The molecule has 25 heavy (non-hydrogen) atoms. The quantitative estimate of drug-likeness (QED) is 0.670. The van der Waals surface area contributed by atoms with Gasteiger partial charge in [0.05, 0.1) is 5.56 Å². The molecule has 2 N–H and O–H groups in total. The molecule has 0 spiro atoms. The van der Waals surface area contributed by atoms with Crippen molar-refractivity contribution in [3.8, 4) is 17.5 Å². The number of nitriles is 1. The minimum absolute atomic E-state index is 0.545. The van der Waals surface area contributed by atoms with Crippen LogP contribution in [0, 0.1) is 18.3 Å². The lowest BCUT2D eigenvalue weighted by Crippen LogP contribution is -2.16. The molecule has 0 bridgehead atoms. The molecular weight excluding hydrogens is 314 g/mol. The third-order valence-corrected chi connectivity index (χ3v) is 3.53. The average molecular weight is 331 g/mol. The fourth-order valence-electron chi connectivity index (χ4n) is 2.20. The molecule has 3 heterocycles. The van der Waals surface area contributed by atoms with E-state index in [9.17, 15) is 0 Å². The maximum atomic E-state index is 8.76. The predicted molar refractivity (Wildman–Crippen MR) is 95.9 cm³/mol. The van der Waals surface area contributed by atoms with Crippen molar-refractivity contribution in [3.63, 3.8) is 0 Å². The Hall–Kier alpha value is -3.53. The van der Waals surface area contributed by atoms with Gasteiger partial charge < -0.3 is 10.6 Å². The number of hydrogen-bond donors (Lipinski definition) is 2. The Morgan fingerprint density at radius 3 is 2.52 bits per heavy atom. The molecule has 0 aliphatic rings. The van der Waals surface area contributed by atoms with Crippen LogP contribution < -0.4 is 10.6 Å². The predicted octanol–water partition coefficient (Wildman–Crippen LogP) is 2.64. The van der Waals surface area contributed by atoms with Gasteiger partial charge in [0.15, 0.2) is 5.82 Å². The lowest BCUT2D eigenvalue weighted by molar-refractivity contribution is 1.03. The van der Waals surface area contributed by atoms with Gasteiger partial charge in [0, 0.05) is 49.0 Å². The van der Waals surface area contributed by atoms with Crippen LogP contribution >= 0.6 is 0 Å². The van der Waals surface area contributed by atoms with Crippen molar-refractivity contribution < 1.29 is 0 Å². The first-order valence-electron chi connectivity index (χ1n) is 7.84. The van der Waals surface area contributed by atoms with Gasteiger partial charge in [-0.1, -0.05) is 0 Å². The van der Waals surface area contributed by atoms with Gasteiger partial charge in [-0.15, -0.1) is 0 Å². The van der Waals surface area contributed by atoms with Crippen LogP contribution in [0.5, 0.6) is 0 Å². The fourth-order valence-corrected chi connectivity index (χ4v) is 2.20. The van der Waals surface area contributed by atoms with Crippen molar-refractivity contribution in [2.75, 3.05) is 23.7 Å². The Bertz CT molecular complexity index is 870. The molecule has 0 aliphatic carbocycles. The number of rotatable bonds is 6. The van der Waals surface area contributed by atoms with Gasteiger partial charge in [-0.2, -0.15) is 5.26 Å². The van der Waals surface area contributed by atoms with Gasteiger partial charge >= 0.3 is 0 Å². The average Bonchev–Trinajstić information content (AvgIpc) is 2.67. The van der Waals surface area contributed by atoms with Gasteiger partial charge in [0.2, 0.25) is 0 Å². The molecule has 0 unspecified atom stereocenters. The van der Waals surface area contributed by atoms with Crippen molar-refractivity contribution in [1.29, 1.82) is 5.26 Å². The zero-order valence-electron chi connectivity index (χ0n) is 13.8. The molecule has 0 saturated heterocycles. The minimum atomic E-state index is 0.545. The molecule has 3 aromatic heterocycles. The molecule has 3 rings (SSSR count). The van der Waals surface area contributed by atoms with Crippen molar-refractivity contribution in [2.45, 2.75) is 6.92 Å². The van der Waals surface area contributed by atoms with E-state index in [0.717, 1.165) is 22.8 Å². The highest BCUT2D eigenvalue weighted by Gasteiger charge is 2.05. The van der Waals surface area contributed by atoms with Crippen LogP contribution in [0.2, 0.25) is 0 Å². The van der Waals surface area contributed by atoms with Gasteiger partial charge in [-0.05, 0) is 31.2 Å². The molecule has 124 valence electrons. The molecular formula is C18H17N7. The van der Waals surface area contributed by atoms with Gasteiger partial charge in [0.25, 0.3) is 0 Å². The first-order chi connectivity index (χ1) is 12.3. The van der Waals surface area contributed by atoms with E-state index in [1.54, 1.807) is 36.9 Å². The summed E-state index contributed by atoms with van der Waals surface area (Å²) in [5.74, 6) is 2.20. The topological polar surface area (TPSA) is 99.4 Å². The standard InChI is InChI=1S/C18H17N7/c1-13-11-24-18(15-4-6-20-7-5-15)25-17(13)22-9-8-21-16-3-2-14(10-19)12-23-16/h2-7,11-12H,8-9H2,1H3,(H,21,23)(H,22,24,25). The van der Waals surface area contributed by atoms with Crippen LogP contribution in [0.3, 0.4) is 0 Å². The second kappa shape index (κ2) is 7.84. The van der Waals surface area contributed by atoms with Crippen molar-refractivity contribution in [1.82, 2.24) is 19.9 Å². The number of aromatic nitrogens is 4. The first kappa shape index (κ1) is 16.3. The summed E-state index contributed by atoms with van der Waals surface area (Å²) >= 11 is 0. The van der Waals surface area contributed by atoms with E-state index in [4.69, 9.17) is 5.26 Å². The fraction of sp³-hybridized carbons (Fsp3) is 0.167. The molecule has 0 fully saturated rings. The number of nitrogens with zero attached hydrogens (tertiary/aromatic N) is 5. The summed E-state index contributed by atoms with van der Waals surface area (Å²) in [6, 6.07) is 9.33. The van der Waals surface area contributed by atoms with E-state index >= 15 is 0 Å². The Morgan fingerprint density at radius 2 is 1.80 bits per heavy atom. The second-order valence-corrected chi connectivity index (χ2v) is 5.36. The summed E-state index contributed by atoms with van der Waals surface area (Å²) in [6.07, 6.45) is 6.80. The summed E-state index contributed by atoms with van der Waals surface area (Å²) < 4.78 is 0. The molecule has 7 heteroatoms. The van der Waals surface area contributed by atoms with Gasteiger partial charge in [-0.25, -0.2) is 15.0 Å². The van der Waals surface area contributed by atoms with Crippen LogP contribution in [-0.2, 0) is 0 Å². The number of aryl methyl sites for hydroxylation is 1. The number of anilines is 2. The van der Waals surface area contributed by atoms with E-state index in [-0.39, 0.29) is 0 Å². The maximum absolute atomic E-state index is 8.76.